The number of piperazine rings is 1. The number of carbonyl (C=O) groups is 1. The lowest BCUT2D eigenvalue weighted by Crippen LogP contribution is -2.44. The van der Waals surface area contributed by atoms with Crippen molar-refractivity contribution in [1.82, 2.24) is 15.2 Å². The first kappa shape index (κ1) is 14.3. The number of amides is 1. The Balaban J connectivity index is 2.01. The Kier molecular flexibility index (Phi) is 4.10. The summed E-state index contributed by atoms with van der Waals surface area (Å²) in [6.45, 7) is 9.96. The van der Waals surface area contributed by atoms with Crippen LogP contribution in [0.25, 0.3) is 0 Å². The van der Waals surface area contributed by atoms with Gasteiger partial charge in [-0.05, 0) is 27.8 Å². The predicted octanol–water partition coefficient (Wildman–Crippen LogP) is 1.42. The fraction of sp³-hybridized carbons (Fsp3) is 0.692. The summed E-state index contributed by atoms with van der Waals surface area (Å²) in [5, 5.41) is 5.73. The zero-order valence-electron chi connectivity index (χ0n) is 12.1. The minimum atomic E-state index is -0.227. The van der Waals surface area contributed by atoms with Crippen LogP contribution < -0.4 is 10.2 Å². The summed E-state index contributed by atoms with van der Waals surface area (Å²) in [5.41, 5.74) is 0.295. The zero-order valence-corrected chi connectivity index (χ0v) is 12.9. The first-order chi connectivity index (χ1) is 8.85. The van der Waals surface area contributed by atoms with Gasteiger partial charge in [0, 0.05) is 37.1 Å². The molecule has 2 rings (SSSR count). The average Bonchev–Trinajstić information content (AvgIpc) is 2.77. The molecule has 0 atom stereocenters. The zero-order chi connectivity index (χ0) is 14.0. The fourth-order valence-electron chi connectivity index (χ4n) is 1.92. The number of likely N-dealkylation sites (N-methyl/N-ethyl adjacent to an activating group) is 1. The molecule has 0 bridgehead atoms. The van der Waals surface area contributed by atoms with Crippen LogP contribution in [0, 0.1) is 0 Å². The van der Waals surface area contributed by atoms with E-state index >= 15 is 0 Å². The van der Waals surface area contributed by atoms with Gasteiger partial charge < -0.3 is 15.1 Å². The number of hydrogen-bond donors (Lipinski definition) is 1. The van der Waals surface area contributed by atoms with E-state index in [1.54, 1.807) is 11.3 Å². The van der Waals surface area contributed by atoms with Crippen LogP contribution in [-0.2, 0) is 0 Å². The standard InChI is InChI=1S/C13H22N4OS/c1-13(2,3)15-11(18)10-9-19-12(14-10)17-7-5-16(4)6-8-17/h9H,5-8H2,1-4H3,(H,15,18). The number of carbonyl (C=O) groups excluding carboxylic acids is 1. The van der Waals surface area contributed by atoms with Crippen LogP contribution in [0.3, 0.4) is 0 Å². The van der Waals surface area contributed by atoms with Crippen LogP contribution >= 0.6 is 11.3 Å². The second-order valence-corrected chi connectivity index (χ2v) is 6.85. The molecule has 106 valence electrons. The molecule has 1 aromatic rings. The monoisotopic (exact) mass is 282 g/mol. The molecule has 0 saturated carbocycles. The van der Waals surface area contributed by atoms with E-state index in [9.17, 15) is 4.79 Å². The van der Waals surface area contributed by atoms with E-state index < -0.39 is 0 Å². The number of thiazole rings is 1. The highest BCUT2D eigenvalue weighted by atomic mass is 32.1. The Bertz CT molecular complexity index is 444. The first-order valence-electron chi connectivity index (χ1n) is 6.57. The van der Waals surface area contributed by atoms with Crippen molar-refractivity contribution in [2.75, 3.05) is 38.1 Å². The van der Waals surface area contributed by atoms with Crippen LogP contribution in [0.4, 0.5) is 5.13 Å². The molecular weight excluding hydrogens is 260 g/mol. The van der Waals surface area contributed by atoms with Gasteiger partial charge >= 0.3 is 0 Å². The van der Waals surface area contributed by atoms with Crippen molar-refractivity contribution in [3.05, 3.63) is 11.1 Å². The fourth-order valence-corrected chi connectivity index (χ4v) is 2.78. The summed E-state index contributed by atoms with van der Waals surface area (Å²) in [6.07, 6.45) is 0. The quantitative estimate of drug-likeness (QED) is 0.891. The molecule has 2 heterocycles. The number of aromatic nitrogens is 1. The molecule has 1 fully saturated rings. The Morgan fingerprint density at radius 3 is 2.53 bits per heavy atom. The van der Waals surface area contributed by atoms with Crippen LogP contribution in [0.1, 0.15) is 31.3 Å². The van der Waals surface area contributed by atoms with Crippen LogP contribution in [0.2, 0.25) is 0 Å². The van der Waals surface area contributed by atoms with Crippen molar-refractivity contribution >= 4 is 22.4 Å². The lowest BCUT2D eigenvalue weighted by Gasteiger charge is -2.32. The third kappa shape index (κ3) is 3.91. The number of hydrogen-bond acceptors (Lipinski definition) is 5. The Morgan fingerprint density at radius 2 is 1.95 bits per heavy atom. The van der Waals surface area contributed by atoms with Gasteiger partial charge in [-0.1, -0.05) is 0 Å². The van der Waals surface area contributed by atoms with Crippen LogP contribution in [0.15, 0.2) is 5.38 Å². The second-order valence-electron chi connectivity index (χ2n) is 6.01. The molecule has 6 heteroatoms. The molecule has 0 radical (unpaired) electrons. The molecular formula is C13H22N4OS. The van der Waals surface area contributed by atoms with E-state index in [0.717, 1.165) is 31.3 Å². The molecule has 1 saturated heterocycles. The Morgan fingerprint density at radius 1 is 1.32 bits per heavy atom. The van der Waals surface area contributed by atoms with Gasteiger partial charge in [0.05, 0.1) is 0 Å². The van der Waals surface area contributed by atoms with Crippen molar-refractivity contribution in [2.45, 2.75) is 26.3 Å². The lowest BCUT2D eigenvalue weighted by atomic mass is 10.1. The van der Waals surface area contributed by atoms with Gasteiger partial charge in [-0.2, -0.15) is 0 Å². The summed E-state index contributed by atoms with van der Waals surface area (Å²) >= 11 is 1.55. The smallest absolute Gasteiger partial charge is 0.271 e. The van der Waals surface area contributed by atoms with Gasteiger partial charge in [0.15, 0.2) is 5.13 Å². The molecule has 19 heavy (non-hydrogen) atoms. The van der Waals surface area contributed by atoms with E-state index in [2.05, 4.69) is 27.1 Å². The molecule has 0 aromatic carbocycles. The normalized spacial score (nSPS) is 17.6. The van der Waals surface area contributed by atoms with E-state index in [0.29, 0.717) is 5.69 Å². The van der Waals surface area contributed by atoms with Gasteiger partial charge in [0.1, 0.15) is 5.69 Å². The van der Waals surface area contributed by atoms with Gasteiger partial charge in [-0.25, -0.2) is 4.98 Å². The highest BCUT2D eigenvalue weighted by Crippen LogP contribution is 2.21. The van der Waals surface area contributed by atoms with Crippen molar-refractivity contribution in [1.29, 1.82) is 0 Å². The van der Waals surface area contributed by atoms with E-state index in [1.807, 2.05) is 26.2 Å². The van der Waals surface area contributed by atoms with Crippen LogP contribution in [0.5, 0.6) is 0 Å². The molecule has 5 nitrogen and oxygen atoms in total. The predicted molar refractivity (Wildman–Crippen MR) is 79.0 cm³/mol. The van der Waals surface area contributed by atoms with Gasteiger partial charge in [0.2, 0.25) is 0 Å². The molecule has 0 aliphatic carbocycles. The number of nitrogens with one attached hydrogen (secondary N) is 1. The van der Waals surface area contributed by atoms with E-state index in [1.165, 1.54) is 0 Å². The summed E-state index contributed by atoms with van der Waals surface area (Å²) < 4.78 is 0. The van der Waals surface area contributed by atoms with Crippen LogP contribution in [-0.4, -0.2) is 54.6 Å². The summed E-state index contributed by atoms with van der Waals surface area (Å²) in [5.74, 6) is -0.0934. The van der Waals surface area contributed by atoms with Crippen molar-refractivity contribution in [3.63, 3.8) is 0 Å². The van der Waals surface area contributed by atoms with Crippen molar-refractivity contribution in [2.24, 2.45) is 0 Å². The summed E-state index contributed by atoms with van der Waals surface area (Å²) in [4.78, 5) is 21.0. The molecule has 0 spiro atoms. The molecule has 1 aromatic heterocycles. The largest absolute Gasteiger partial charge is 0.346 e. The maximum atomic E-state index is 12.0. The molecule has 0 unspecified atom stereocenters. The topological polar surface area (TPSA) is 48.5 Å². The second kappa shape index (κ2) is 5.46. The molecule has 1 amide bonds. The Labute approximate surface area is 118 Å². The lowest BCUT2D eigenvalue weighted by molar-refractivity contribution is 0.0915. The SMILES string of the molecule is CN1CCN(c2nc(C(=O)NC(C)(C)C)cs2)CC1. The Hall–Kier alpha value is -1.14. The third-order valence-electron chi connectivity index (χ3n) is 2.99. The summed E-state index contributed by atoms with van der Waals surface area (Å²) in [6, 6.07) is 0. The highest BCUT2D eigenvalue weighted by molar-refractivity contribution is 7.13. The molecule has 1 N–H and O–H groups in total. The van der Waals surface area contributed by atoms with E-state index in [4.69, 9.17) is 0 Å². The summed E-state index contributed by atoms with van der Waals surface area (Å²) in [7, 11) is 2.13. The molecule has 1 aliphatic rings. The third-order valence-corrected chi connectivity index (χ3v) is 3.89. The average molecular weight is 282 g/mol. The van der Waals surface area contributed by atoms with Crippen molar-refractivity contribution < 1.29 is 4.79 Å². The van der Waals surface area contributed by atoms with E-state index in [-0.39, 0.29) is 11.4 Å². The first-order valence-corrected chi connectivity index (χ1v) is 7.45. The number of nitrogens with zero attached hydrogens (tertiary/aromatic N) is 3. The highest BCUT2D eigenvalue weighted by Gasteiger charge is 2.21. The van der Waals surface area contributed by atoms with Gasteiger partial charge in [0.25, 0.3) is 5.91 Å². The number of anilines is 1. The number of rotatable bonds is 2. The minimum absolute atomic E-state index is 0.0934. The van der Waals surface area contributed by atoms with Crippen molar-refractivity contribution in [3.8, 4) is 0 Å². The maximum Gasteiger partial charge on any atom is 0.271 e. The minimum Gasteiger partial charge on any atom is -0.346 e. The maximum absolute atomic E-state index is 12.0. The molecule has 1 aliphatic heterocycles. The van der Waals surface area contributed by atoms with Gasteiger partial charge in [-0.3, -0.25) is 4.79 Å². The van der Waals surface area contributed by atoms with Gasteiger partial charge in [-0.15, -0.1) is 11.3 Å².